The maximum atomic E-state index is 12.9. The van der Waals surface area contributed by atoms with Gasteiger partial charge in [-0.25, -0.2) is 0 Å². The molecular formula is C70H120O6. The Labute approximate surface area is 470 Å². The molecule has 0 aromatic carbocycles. The summed E-state index contributed by atoms with van der Waals surface area (Å²) in [5.41, 5.74) is 0. The van der Waals surface area contributed by atoms with Crippen LogP contribution in [0.3, 0.4) is 0 Å². The fourth-order valence-corrected chi connectivity index (χ4v) is 9.05. The largest absolute Gasteiger partial charge is 0.462 e. The van der Waals surface area contributed by atoms with Crippen LogP contribution in [0.25, 0.3) is 0 Å². The molecule has 0 heterocycles. The van der Waals surface area contributed by atoms with Gasteiger partial charge in [0.05, 0.1) is 0 Å². The van der Waals surface area contributed by atoms with Crippen LogP contribution in [0.1, 0.15) is 310 Å². The lowest BCUT2D eigenvalue weighted by Gasteiger charge is -2.18. The summed E-state index contributed by atoms with van der Waals surface area (Å²) < 4.78 is 16.9. The highest BCUT2D eigenvalue weighted by atomic mass is 16.6. The van der Waals surface area contributed by atoms with Crippen LogP contribution in [0.2, 0.25) is 0 Å². The molecule has 0 bridgehead atoms. The molecule has 0 radical (unpaired) electrons. The molecule has 0 aromatic heterocycles. The number of carbonyl (C=O) groups is 3. The molecule has 436 valence electrons. The zero-order valence-electron chi connectivity index (χ0n) is 50.0. The fourth-order valence-electron chi connectivity index (χ4n) is 9.05. The maximum absolute atomic E-state index is 12.9. The van der Waals surface area contributed by atoms with Crippen LogP contribution in [-0.4, -0.2) is 37.2 Å². The van der Waals surface area contributed by atoms with E-state index in [1.807, 2.05) is 0 Å². The van der Waals surface area contributed by atoms with Gasteiger partial charge in [0.2, 0.25) is 0 Å². The Morgan fingerprint density at radius 2 is 0.513 bits per heavy atom. The molecular weight excluding hydrogens is 937 g/mol. The lowest BCUT2D eigenvalue weighted by Crippen LogP contribution is -2.30. The monoisotopic (exact) mass is 1060 g/mol. The van der Waals surface area contributed by atoms with E-state index in [-0.39, 0.29) is 31.1 Å². The molecule has 0 saturated heterocycles. The molecule has 1 unspecified atom stereocenters. The third-order valence-electron chi connectivity index (χ3n) is 13.9. The fraction of sp³-hybridized carbons (Fsp3) is 0.729. The Kier molecular flexibility index (Phi) is 60.8. The molecule has 0 rings (SSSR count). The molecule has 0 amide bonds. The number of esters is 3. The van der Waals surface area contributed by atoms with Crippen molar-refractivity contribution in [3.05, 3.63) is 97.2 Å². The minimum atomic E-state index is -0.785. The molecule has 1 atom stereocenters. The van der Waals surface area contributed by atoms with Gasteiger partial charge in [0.1, 0.15) is 13.2 Å². The number of ether oxygens (including phenoxy) is 3. The molecule has 0 aliphatic carbocycles. The van der Waals surface area contributed by atoms with Crippen LogP contribution in [0.5, 0.6) is 0 Å². The molecule has 6 heteroatoms. The van der Waals surface area contributed by atoms with Gasteiger partial charge in [-0.15, -0.1) is 0 Å². The van der Waals surface area contributed by atoms with E-state index in [1.54, 1.807) is 0 Å². The van der Waals surface area contributed by atoms with E-state index in [1.165, 1.54) is 148 Å². The number of allylic oxidation sites excluding steroid dienone is 16. The highest BCUT2D eigenvalue weighted by Gasteiger charge is 2.19. The second kappa shape index (κ2) is 63.9. The molecule has 76 heavy (non-hydrogen) atoms. The van der Waals surface area contributed by atoms with Gasteiger partial charge in [-0.1, -0.05) is 304 Å². The summed E-state index contributed by atoms with van der Waals surface area (Å²) in [5, 5.41) is 0. The molecule has 0 N–H and O–H groups in total. The molecule has 0 saturated carbocycles. The topological polar surface area (TPSA) is 78.9 Å². The van der Waals surface area contributed by atoms with Crippen LogP contribution in [0.15, 0.2) is 97.2 Å². The van der Waals surface area contributed by atoms with Crippen molar-refractivity contribution in [3.63, 3.8) is 0 Å². The number of hydrogen-bond donors (Lipinski definition) is 0. The van der Waals surface area contributed by atoms with Crippen molar-refractivity contribution in [2.24, 2.45) is 0 Å². The van der Waals surface area contributed by atoms with E-state index in [0.717, 1.165) is 122 Å². The van der Waals surface area contributed by atoms with Crippen LogP contribution in [0, 0.1) is 0 Å². The van der Waals surface area contributed by atoms with Crippen molar-refractivity contribution >= 4 is 17.9 Å². The van der Waals surface area contributed by atoms with Crippen LogP contribution >= 0.6 is 0 Å². The summed E-state index contributed by atoms with van der Waals surface area (Å²) in [6.07, 6.45) is 85.6. The van der Waals surface area contributed by atoms with E-state index < -0.39 is 6.10 Å². The predicted molar refractivity (Wildman–Crippen MR) is 330 cm³/mol. The van der Waals surface area contributed by atoms with Crippen molar-refractivity contribution in [2.75, 3.05) is 13.2 Å². The Morgan fingerprint density at radius 1 is 0.276 bits per heavy atom. The smallest absolute Gasteiger partial charge is 0.306 e. The second-order valence-corrected chi connectivity index (χ2v) is 21.3. The minimum absolute atomic E-state index is 0.0818. The van der Waals surface area contributed by atoms with E-state index in [2.05, 4.69) is 118 Å². The average Bonchev–Trinajstić information content (AvgIpc) is 3.42. The summed E-state index contributed by atoms with van der Waals surface area (Å²) in [7, 11) is 0. The zero-order valence-corrected chi connectivity index (χ0v) is 50.0. The van der Waals surface area contributed by atoms with Crippen molar-refractivity contribution in [3.8, 4) is 0 Å². The van der Waals surface area contributed by atoms with Crippen LogP contribution in [-0.2, 0) is 28.6 Å². The number of unbranched alkanes of at least 4 members (excludes halogenated alkanes) is 31. The van der Waals surface area contributed by atoms with Gasteiger partial charge in [0.25, 0.3) is 0 Å². The van der Waals surface area contributed by atoms with E-state index in [0.29, 0.717) is 19.3 Å². The van der Waals surface area contributed by atoms with Gasteiger partial charge in [0.15, 0.2) is 6.10 Å². The molecule has 0 aromatic rings. The normalized spacial score (nSPS) is 12.7. The number of rotatable bonds is 58. The Bertz CT molecular complexity index is 1490. The summed E-state index contributed by atoms with van der Waals surface area (Å²) in [6.45, 7) is 6.52. The number of carbonyl (C=O) groups excluding carboxylic acids is 3. The van der Waals surface area contributed by atoms with Crippen molar-refractivity contribution in [2.45, 2.75) is 316 Å². The average molecular weight is 1060 g/mol. The summed E-state index contributed by atoms with van der Waals surface area (Å²) >= 11 is 0. The summed E-state index contributed by atoms with van der Waals surface area (Å²) in [4.78, 5) is 38.2. The lowest BCUT2D eigenvalue weighted by molar-refractivity contribution is -0.167. The first-order valence-corrected chi connectivity index (χ1v) is 32.2. The third kappa shape index (κ3) is 61.2. The van der Waals surface area contributed by atoms with Gasteiger partial charge in [-0.2, -0.15) is 0 Å². The van der Waals surface area contributed by atoms with E-state index in [4.69, 9.17) is 14.2 Å². The van der Waals surface area contributed by atoms with Gasteiger partial charge >= 0.3 is 17.9 Å². The molecule has 0 aliphatic heterocycles. The van der Waals surface area contributed by atoms with Crippen LogP contribution in [0.4, 0.5) is 0 Å². The highest BCUT2D eigenvalue weighted by Crippen LogP contribution is 2.17. The molecule has 0 fully saturated rings. The Morgan fingerprint density at radius 3 is 0.803 bits per heavy atom. The molecule has 0 spiro atoms. The minimum Gasteiger partial charge on any atom is -0.462 e. The maximum Gasteiger partial charge on any atom is 0.306 e. The SMILES string of the molecule is CC/C=C\C/C=C\C/C=C\C/C=C\C/C=C\C/C=C\C/C=C\C/C=C\CCCCCCC(=O)OCC(COC(=O)CCCCCCCCCCCC)OC(=O)CCCCCCCCCCCCCCCCCCCCC. The summed E-state index contributed by atoms with van der Waals surface area (Å²) in [6, 6.07) is 0. The third-order valence-corrected chi connectivity index (χ3v) is 13.9. The zero-order chi connectivity index (χ0) is 55.0. The Hall–Kier alpha value is -3.67. The highest BCUT2D eigenvalue weighted by molar-refractivity contribution is 5.71. The summed E-state index contributed by atoms with van der Waals surface area (Å²) in [5.74, 6) is -0.897. The molecule has 6 nitrogen and oxygen atoms in total. The van der Waals surface area contributed by atoms with Crippen molar-refractivity contribution in [1.82, 2.24) is 0 Å². The van der Waals surface area contributed by atoms with Gasteiger partial charge < -0.3 is 14.2 Å². The second-order valence-electron chi connectivity index (χ2n) is 21.3. The van der Waals surface area contributed by atoms with Crippen LogP contribution < -0.4 is 0 Å². The first kappa shape index (κ1) is 72.3. The van der Waals surface area contributed by atoms with E-state index >= 15 is 0 Å². The van der Waals surface area contributed by atoms with Gasteiger partial charge in [-0.3, -0.25) is 14.4 Å². The quantitative estimate of drug-likeness (QED) is 0.0261. The standard InChI is InChI=1S/C70H120O6/c1-4-7-10-13-16-19-22-24-26-28-30-31-32-33-34-35-36-37-38-39-41-42-44-46-48-51-54-57-60-63-69(72)75-66-67(65-74-68(71)62-59-56-53-50-21-18-15-12-9-6-3)76-70(73)64-61-58-55-52-49-47-45-43-40-29-27-25-23-20-17-14-11-8-5-2/h7,10,16,19,24,26,30-31,33-34,36-37,39,41,44,46,67H,4-6,8-9,11-15,17-18,20-23,25,27-29,32,35,38,40,42-43,45,47-66H2,1-3H3/b10-7-,19-16-,26-24-,31-30-,34-33-,37-36-,41-39-,46-44-. The molecule has 0 aliphatic rings. The van der Waals surface area contributed by atoms with Gasteiger partial charge in [0, 0.05) is 19.3 Å². The first-order chi connectivity index (χ1) is 37.5. The van der Waals surface area contributed by atoms with Crippen molar-refractivity contribution in [1.29, 1.82) is 0 Å². The number of hydrogen-bond acceptors (Lipinski definition) is 6. The lowest BCUT2D eigenvalue weighted by atomic mass is 10.0. The first-order valence-electron chi connectivity index (χ1n) is 32.2. The van der Waals surface area contributed by atoms with Gasteiger partial charge in [-0.05, 0) is 83.5 Å². The predicted octanol–water partition coefficient (Wildman–Crippen LogP) is 22.0. The van der Waals surface area contributed by atoms with E-state index in [9.17, 15) is 14.4 Å². The Balaban J connectivity index is 4.30. The van der Waals surface area contributed by atoms with Crippen molar-refractivity contribution < 1.29 is 28.6 Å².